The minimum Gasteiger partial charge on any atom is -0.346 e. The number of carbonyl (C=O) groups excluding carboxylic acids is 2. The Morgan fingerprint density at radius 3 is 2.93 bits per heavy atom. The summed E-state index contributed by atoms with van der Waals surface area (Å²) in [6.07, 6.45) is 6.87. The van der Waals surface area contributed by atoms with Crippen LogP contribution >= 0.6 is 0 Å². The van der Waals surface area contributed by atoms with Gasteiger partial charge in [0, 0.05) is 37.5 Å². The fourth-order valence-electron chi connectivity index (χ4n) is 2.88. The van der Waals surface area contributed by atoms with Gasteiger partial charge in [-0.25, -0.2) is 4.98 Å². The standard InChI is InChI=1S/C18H19N5O4/c24-15-5-1-4-14(22-15)18(27)21-13-3-2-8-23(10-13)16(25)7-6-12-9-19-11-20-17(12)26/h1,4-7,9,11,13H,2-3,8,10H2,(H,21,27)(H,22,24)(H,19,20,26)/b7-6+/t13-/m0/s1. The zero-order valence-electron chi connectivity index (χ0n) is 14.5. The summed E-state index contributed by atoms with van der Waals surface area (Å²) < 4.78 is 0. The number of nitrogens with one attached hydrogen (secondary N) is 3. The van der Waals surface area contributed by atoms with E-state index in [0.29, 0.717) is 18.7 Å². The average molecular weight is 369 g/mol. The largest absolute Gasteiger partial charge is 0.346 e. The molecule has 0 bridgehead atoms. The summed E-state index contributed by atoms with van der Waals surface area (Å²) in [6, 6.07) is 4.15. The Kier molecular flexibility index (Phi) is 5.60. The third-order valence-corrected chi connectivity index (χ3v) is 4.23. The summed E-state index contributed by atoms with van der Waals surface area (Å²) in [5.74, 6) is -0.630. The van der Waals surface area contributed by atoms with Crippen LogP contribution in [-0.2, 0) is 4.79 Å². The predicted octanol–water partition coefficient (Wildman–Crippen LogP) is -0.108. The van der Waals surface area contributed by atoms with E-state index in [1.54, 1.807) is 4.90 Å². The van der Waals surface area contributed by atoms with Crippen molar-refractivity contribution in [3.8, 4) is 0 Å². The molecule has 0 unspecified atom stereocenters. The molecule has 1 aliphatic rings. The minimum absolute atomic E-state index is 0.182. The molecule has 9 nitrogen and oxygen atoms in total. The number of nitrogens with zero attached hydrogens (tertiary/aromatic N) is 2. The fraction of sp³-hybridized carbons (Fsp3) is 0.278. The van der Waals surface area contributed by atoms with Crippen molar-refractivity contribution in [2.45, 2.75) is 18.9 Å². The average Bonchev–Trinajstić information content (AvgIpc) is 2.67. The van der Waals surface area contributed by atoms with Crippen molar-refractivity contribution in [2.24, 2.45) is 0 Å². The number of carbonyl (C=O) groups is 2. The first-order valence-electron chi connectivity index (χ1n) is 8.53. The van der Waals surface area contributed by atoms with Crippen molar-refractivity contribution >= 4 is 17.9 Å². The first-order chi connectivity index (χ1) is 13.0. The lowest BCUT2D eigenvalue weighted by molar-refractivity contribution is -0.127. The summed E-state index contributed by atoms with van der Waals surface area (Å²) in [7, 11) is 0. The van der Waals surface area contributed by atoms with E-state index in [0.717, 1.165) is 12.8 Å². The molecule has 3 heterocycles. The number of amides is 2. The molecule has 140 valence electrons. The Balaban J connectivity index is 1.61. The summed E-state index contributed by atoms with van der Waals surface area (Å²) in [6.45, 7) is 0.927. The first-order valence-corrected chi connectivity index (χ1v) is 8.53. The van der Waals surface area contributed by atoms with Crippen LogP contribution in [-0.4, -0.2) is 50.8 Å². The number of pyridine rings is 1. The monoisotopic (exact) mass is 369 g/mol. The van der Waals surface area contributed by atoms with Gasteiger partial charge in [0.25, 0.3) is 11.5 Å². The lowest BCUT2D eigenvalue weighted by atomic mass is 10.1. The molecule has 0 radical (unpaired) electrons. The number of rotatable bonds is 4. The molecule has 0 spiro atoms. The van der Waals surface area contributed by atoms with Crippen molar-refractivity contribution in [3.05, 3.63) is 68.8 Å². The minimum atomic E-state index is -0.385. The molecular formula is C18H19N5O4. The van der Waals surface area contributed by atoms with Crippen molar-refractivity contribution < 1.29 is 9.59 Å². The van der Waals surface area contributed by atoms with Crippen LogP contribution in [0.5, 0.6) is 0 Å². The van der Waals surface area contributed by atoms with E-state index in [4.69, 9.17) is 0 Å². The SMILES string of the molecule is O=C(N[C@H]1CCCN(C(=O)/C=C/c2cnc[nH]c2=O)C1)c1cccc(=O)[nH]1. The molecular weight excluding hydrogens is 350 g/mol. The normalized spacial score (nSPS) is 17.0. The van der Waals surface area contributed by atoms with Crippen molar-refractivity contribution in [2.75, 3.05) is 13.1 Å². The number of hydrogen-bond donors (Lipinski definition) is 3. The highest BCUT2D eigenvalue weighted by atomic mass is 16.2. The zero-order chi connectivity index (χ0) is 19.2. The number of aromatic nitrogens is 3. The predicted molar refractivity (Wildman–Crippen MR) is 98.0 cm³/mol. The van der Waals surface area contributed by atoms with Crippen LogP contribution in [0.2, 0.25) is 0 Å². The highest BCUT2D eigenvalue weighted by molar-refractivity contribution is 5.93. The molecule has 3 rings (SSSR count). The van der Waals surface area contributed by atoms with Crippen molar-refractivity contribution in [3.63, 3.8) is 0 Å². The van der Waals surface area contributed by atoms with E-state index in [1.165, 1.54) is 42.9 Å². The molecule has 9 heteroatoms. The van der Waals surface area contributed by atoms with Crippen LogP contribution in [0.25, 0.3) is 6.08 Å². The zero-order valence-corrected chi connectivity index (χ0v) is 14.5. The van der Waals surface area contributed by atoms with Gasteiger partial charge < -0.3 is 20.2 Å². The second kappa shape index (κ2) is 8.26. The number of aromatic amines is 2. The van der Waals surface area contributed by atoms with Gasteiger partial charge >= 0.3 is 0 Å². The van der Waals surface area contributed by atoms with Gasteiger partial charge in [-0.05, 0) is 25.0 Å². The van der Waals surface area contributed by atoms with Gasteiger partial charge in [0.05, 0.1) is 11.9 Å². The van der Waals surface area contributed by atoms with Gasteiger partial charge in [0.15, 0.2) is 0 Å². The van der Waals surface area contributed by atoms with Crippen LogP contribution in [0.15, 0.2) is 46.4 Å². The number of piperidine rings is 1. The molecule has 1 atom stereocenters. The number of likely N-dealkylation sites (tertiary alicyclic amines) is 1. The van der Waals surface area contributed by atoms with Crippen LogP contribution in [0.4, 0.5) is 0 Å². The molecule has 3 N–H and O–H groups in total. The molecule has 2 aromatic rings. The summed E-state index contributed by atoms with van der Waals surface area (Å²) in [4.78, 5) is 57.9. The Morgan fingerprint density at radius 1 is 1.30 bits per heavy atom. The van der Waals surface area contributed by atoms with Gasteiger partial charge in [-0.3, -0.25) is 19.2 Å². The number of hydrogen-bond acceptors (Lipinski definition) is 5. The molecule has 0 aliphatic carbocycles. The van der Waals surface area contributed by atoms with Gasteiger partial charge in [-0.2, -0.15) is 0 Å². The summed E-state index contributed by atoms with van der Waals surface area (Å²) >= 11 is 0. The number of H-pyrrole nitrogens is 2. The Bertz CT molecular complexity index is 978. The maximum absolute atomic E-state index is 12.4. The first kappa shape index (κ1) is 18.3. The van der Waals surface area contributed by atoms with Gasteiger partial charge in [0.1, 0.15) is 5.69 Å². The highest BCUT2D eigenvalue weighted by Crippen LogP contribution is 2.11. The Hall–Kier alpha value is -3.49. The van der Waals surface area contributed by atoms with E-state index in [-0.39, 0.29) is 34.7 Å². The molecule has 0 aromatic carbocycles. The molecule has 2 aromatic heterocycles. The van der Waals surface area contributed by atoms with E-state index in [1.807, 2.05) is 0 Å². The Morgan fingerprint density at radius 2 is 2.15 bits per heavy atom. The molecule has 0 saturated carbocycles. The second-order valence-electron chi connectivity index (χ2n) is 6.19. The third-order valence-electron chi connectivity index (χ3n) is 4.23. The van der Waals surface area contributed by atoms with Crippen molar-refractivity contribution in [1.82, 2.24) is 25.2 Å². The Labute approximate surface area is 154 Å². The molecule has 1 fully saturated rings. The fourth-order valence-corrected chi connectivity index (χ4v) is 2.88. The van der Waals surface area contributed by atoms with E-state index < -0.39 is 0 Å². The quantitative estimate of drug-likeness (QED) is 0.648. The van der Waals surface area contributed by atoms with Crippen LogP contribution < -0.4 is 16.4 Å². The van der Waals surface area contributed by atoms with E-state index in [9.17, 15) is 19.2 Å². The lowest BCUT2D eigenvalue weighted by Gasteiger charge is -2.32. The van der Waals surface area contributed by atoms with E-state index >= 15 is 0 Å². The van der Waals surface area contributed by atoms with Crippen molar-refractivity contribution in [1.29, 1.82) is 0 Å². The van der Waals surface area contributed by atoms with Crippen LogP contribution in [0.1, 0.15) is 28.9 Å². The topological polar surface area (TPSA) is 128 Å². The van der Waals surface area contributed by atoms with Crippen LogP contribution in [0.3, 0.4) is 0 Å². The van der Waals surface area contributed by atoms with Gasteiger partial charge in [0.2, 0.25) is 11.5 Å². The summed E-state index contributed by atoms with van der Waals surface area (Å²) in [5.41, 5.74) is -0.198. The molecule has 1 aliphatic heterocycles. The second-order valence-corrected chi connectivity index (χ2v) is 6.19. The third kappa shape index (κ3) is 4.78. The lowest BCUT2D eigenvalue weighted by Crippen LogP contribution is -2.49. The van der Waals surface area contributed by atoms with Gasteiger partial charge in [-0.15, -0.1) is 0 Å². The maximum Gasteiger partial charge on any atom is 0.268 e. The molecule has 1 saturated heterocycles. The molecule has 27 heavy (non-hydrogen) atoms. The molecule has 2 amide bonds. The van der Waals surface area contributed by atoms with Gasteiger partial charge in [-0.1, -0.05) is 6.07 Å². The highest BCUT2D eigenvalue weighted by Gasteiger charge is 2.24. The summed E-state index contributed by atoms with van der Waals surface area (Å²) in [5, 5.41) is 2.84. The maximum atomic E-state index is 12.4. The van der Waals surface area contributed by atoms with Crippen LogP contribution in [0, 0.1) is 0 Å². The van der Waals surface area contributed by atoms with E-state index in [2.05, 4.69) is 20.3 Å². The smallest absolute Gasteiger partial charge is 0.268 e.